The highest BCUT2D eigenvalue weighted by molar-refractivity contribution is 5.87. The first kappa shape index (κ1) is 13.9. The summed E-state index contributed by atoms with van der Waals surface area (Å²) >= 11 is 0. The maximum Gasteiger partial charge on any atom is 0.356 e. The Kier molecular flexibility index (Phi) is 4.60. The summed E-state index contributed by atoms with van der Waals surface area (Å²) in [5, 5.41) is 0. The predicted molar refractivity (Wildman–Crippen MR) is 74.5 cm³/mol. The second-order valence-electron chi connectivity index (χ2n) is 4.11. The van der Waals surface area contributed by atoms with E-state index in [-0.39, 0.29) is 5.97 Å². The van der Waals surface area contributed by atoms with Gasteiger partial charge in [0.15, 0.2) is 0 Å². The molecule has 2 rings (SSSR count). The SMILES string of the molecule is CCOC(=O)c1cncn1CCOc1cccc(N)c1. The highest BCUT2D eigenvalue weighted by Crippen LogP contribution is 2.14. The first-order chi connectivity index (χ1) is 9.70. The van der Waals surface area contributed by atoms with Crippen LogP contribution >= 0.6 is 0 Å². The number of nitrogens with two attached hydrogens (primary N) is 1. The number of nitrogens with zero attached hydrogens (tertiary/aromatic N) is 2. The van der Waals surface area contributed by atoms with Gasteiger partial charge in [-0.05, 0) is 19.1 Å². The number of carbonyl (C=O) groups is 1. The maximum absolute atomic E-state index is 11.7. The lowest BCUT2D eigenvalue weighted by Gasteiger charge is -2.09. The van der Waals surface area contributed by atoms with Crippen LogP contribution in [0.2, 0.25) is 0 Å². The van der Waals surface area contributed by atoms with Crippen molar-refractivity contribution in [3.8, 4) is 5.75 Å². The van der Waals surface area contributed by atoms with E-state index in [9.17, 15) is 4.79 Å². The molecule has 106 valence electrons. The van der Waals surface area contributed by atoms with Crippen LogP contribution in [0.4, 0.5) is 5.69 Å². The van der Waals surface area contributed by atoms with Crippen molar-refractivity contribution in [2.45, 2.75) is 13.5 Å². The predicted octanol–water partition coefficient (Wildman–Crippen LogP) is 1.72. The molecule has 20 heavy (non-hydrogen) atoms. The molecular weight excluding hydrogens is 258 g/mol. The molecule has 0 amide bonds. The minimum Gasteiger partial charge on any atom is -0.492 e. The number of carbonyl (C=O) groups excluding carboxylic acids is 1. The Morgan fingerprint density at radius 1 is 1.45 bits per heavy atom. The summed E-state index contributed by atoms with van der Waals surface area (Å²) in [6.07, 6.45) is 3.06. The highest BCUT2D eigenvalue weighted by Gasteiger charge is 2.12. The minimum absolute atomic E-state index is 0.337. The molecule has 1 heterocycles. The average Bonchev–Trinajstić information content (AvgIpc) is 2.87. The van der Waals surface area contributed by atoms with Crippen LogP contribution in [-0.4, -0.2) is 28.7 Å². The van der Waals surface area contributed by atoms with Crippen molar-refractivity contribution < 1.29 is 14.3 Å². The van der Waals surface area contributed by atoms with Gasteiger partial charge in [0, 0.05) is 11.8 Å². The van der Waals surface area contributed by atoms with Gasteiger partial charge in [0.1, 0.15) is 18.1 Å². The van der Waals surface area contributed by atoms with E-state index in [1.165, 1.54) is 6.20 Å². The number of rotatable bonds is 6. The molecule has 0 radical (unpaired) electrons. The number of ether oxygens (including phenoxy) is 2. The Morgan fingerprint density at radius 2 is 2.30 bits per heavy atom. The number of imidazole rings is 1. The number of nitrogen functional groups attached to an aromatic ring is 1. The van der Waals surface area contributed by atoms with Gasteiger partial charge in [-0.25, -0.2) is 9.78 Å². The number of hydrogen-bond acceptors (Lipinski definition) is 5. The minimum atomic E-state index is -0.381. The highest BCUT2D eigenvalue weighted by atomic mass is 16.5. The second-order valence-corrected chi connectivity index (χ2v) is 4.11. The van der Waals surface area contributed by atoms with Crippen molar-refractivity contribution in [3.63, 3.8) is 0 Å². The van der Waals surface area contributed by atoms with Gasteiger partial charge >= 0.3 is 5.97 Å². The van der Waals surface area contributed by atoms with Gasteiger partial charge in [-0.1, -0.05) is 6.07 Å². The van der Waals surface area contributed by atoms with E-state index in [1.807, 2.05) is 12.1 Å². The van der Waals surface area contributed by atoms with Crippen LogP contribution in [0.1, 0.15) is 17.4 Å². The zero-order valence-corrected chi connectivity index (χ0v) is 11.3. The molecular formula is C14H17N3O3. The summed E-state index contributed by atoms with van der Waals surface area (Å²) < 4.78 is 12.2. The third-order valence-corrected chi connectivity index (χ3v) is 2.66. The van der Waals surface area contributed by atoms with Crippen LogP contribution in [-0.2, 0) is 11.3 Å². The van der Waals surface area contributed by atoms with Crippen molar-refractivity contribution in [1.29, 1.82) is 0 Å². The smallest absolute Gasteiger partial charge is 0.356 e. The molecule has 0 fully saturated rings. The molecule has 2 N–H and O–H groups in total. The largest absolute Gasteiger partial charge is 0.492 e. The standard InChI is InChI=1S/C14H17N3O3/c1-2-19-14(18)13-9-16-10-17(13)6-7-20-12-5-3-4-11(15)8-12/h3-5,8-10H,2,6-7,15H2,1H3. The molecule has 6 heteroatoms. The molecule has 6 nitrogen and oxygen atoms in total. The second kappa shape index (κ2) is 6.60. The van der Waals surface area contributed by atoms with Crippen molar-refractivity contribution >= 4 is 11.7 Å². The topological polar surface area (TPSA) is 79.4 Å². The summed E-state index contributed by atoms with van der Waals surface area (Å²) in [5.41, 5.74) is 6.74. The Hall–Kier alpha value is -2.50. The van der Waals surface area contributed by atoms with Crippen molar-refractivity contribution in [2.24, 2.45) is 0 Å². The zero-order chi connectivity index (χ0) is 14.4. The lowest BCUT2D eigenvalue weighted by atomic mass is 10.3. The Bertz CT molecular complexity index is 581. The van der Waals surface area contributed by atoms with E-state index >= 15 is 0 Å². The summed E-state index contributed by atoms with van der Waals surface area (Å²) in [7, 11) is 0. The first-order valence-electron chi connectivity index (χ1n) is 6.36. The molecule has 0 aliphatic heterocycles. The summed E-state index contributed by atoms with van der Waals surface area (Å²) in [6, 6.07) is 7.20. The van der Waals surface area contributed by atoms with Crippen LogP contribution in [0, 0.1) is 0 Å². The van der Waals surface area contributed by atoms with E-state index in [4.69, 9.17) is 15.2 Å². The van der Waals surface area contributed by atoms with Crippen LogP contribution in [0.15, 0.2) is 36.8 Å². The maximum atomic E-state index is 11.7. The fourth-order valence-corrected chi connectivity index (χ4v) is 1.74. The zero-order valence-electron chi connectivity index (χ0n) is 11.3. The quantitative estimate of drug-likeness (QED) is 0.641. The Labute approximate surface area is 117 Å². The van der Waals surface area contributed by atoms with Gasteiger partial charge in [0.2, 0.25) is 0 Å². The molecule has 0 aliphatic carbocycles. The monoisotopic (exact) mass is 275 g/mol. The summed E-state index contributed by atoms with van der Waals surface area (Å²) in [6.45, 7) is 3.01. The molecule has 0 bridgehead atoms. The van der Waals surface area contributed by atoms with E-state index in [0.717, 1.165) is 0 Å². The lowest BCUT2D eigenvalue weighted by molar-refractivity contribution is 0.0513. The van der Waals surface area contributed by atoms with Gasteiger partial charge in [0.25, 0.3) is 0 Å². The van der Waals surface area contributed by atoms with E-state index in [0.29, 0.717) is 36.9 Å². The van der Waals surface area contributed by atoms with Gasteiger partial charge < -0.3 is 19.8 Å². The van der Waals surface area contributed by atoms with E-state index < -0.39 is 0 Å². The molecule has 0 saturated heterocycles. The number of anilines is 1. The number of hydrogen-bond donors (Lipinski definition) is 1. The van der Waals surface area contributed by atoms with Crippen molar-refractivity contribution in [2.75, 3.05) is 18.9 Å². The van der Waals surface area contributed by atoms with Gasteiger partial charge in [-0.3, -0.25) is 0 Å². The Balaban J connectivity index is 1.91. The molecule has 0 aliphatic rings. The molecule has 0 atom stereocenters. The van der Waals surface area contributed by atoms with Gasteiger partial charge in [-0.15, -0.1) is 0 Å². The molecule has 1 aromatic carbocycles. The summed E-state index contributed by atoms with van der Waals surface area (Å²) in [5.74, 6) is 0.316. The van der Waals surface area contributed by atoms with E-state index in [2.05, 4.69) is 4.98 Å². The third kappa shape index (κ3) is 3.50. The fraction of sp³-hybridized carbons (Fsp3) is 0.286. The normalized spacial score (nSPS) is 10.2. The third-order valence-electron chi connectivity index (χ3n) is 2.66. The number of benzene rings is 1. The van der Waals surface area contributed by atoms with Gasteiger partial charge in [-0.2, -0.15) is 0 Å². The van der Waals surface area contributed by atoms with Gasteiger partial charge in [0.05, 0.1) is 25.7 Å². The molecule has 2 aromatic rings. The molecule has 0 spiro atoms. The number of aromatic nitrogens is 2. The van der Waals surface area contributed by atoms with Crippen LogP contribution in [0.3, 0.4) is 0 Å². The van der Waals surface area contributed by atoms with Crippen molar-refractivity contribution in [3.05, 3.63) is 42.5 Å². The van der Waals surface area contributed by atoms with Crippen molar-refractivity contribution in [1.82, 2.24) is 9.55 Å². The first-order valence-corrected chi connectivity index (χ1v) is 6.36. The lowest BCUT2D eigenvalue weighted by Crippen LogP contribution is -2.15. The average molecular weight is 275 g/mol. The molecule has 0 saturated carbocycles. The number of esters is 1. The van der Waals surface area contributed by atoms with E-state index in [1.54, 1.807) is 30.0 Å². The van der Waals surface area contributed by atoms with Crippen LogP contribution in [0.25, 0.3) is 0 Å². The summed E-state index contributed by atoms with van der Waals surface area (Å²) in [4.78, 5) is 15.6. The molecule has 0 unspecified atom stereocenters. The fourth-order valence-electron chi connectivity index (χ4n) is 1.74. The van der Waals surface area contributed by atoms with Crippen LogP contribution < -0.4 is 10.5 Å². The van der Waals surface area contributed by atoms with Crippen LogP contribution in [0.5, 0.6) is 5.75 Å². The Morgan fingerprint density at radius 3 is 3.05 bits per heavy atom. The molecule has 1 aromatic heterocycles.